The third-order valence-electron chi connectivity index (χ3n) is 3.26. The molecule has 0 aliphatic heterocycles. The average molecular weight is 383 g/mol. The topological polar surface area (TPSA) is 39.1 Å². The Morgan fingerprint density at radius 1 is 1.40 bits per heavy atom. The van der Waals surface area contributed by atoms with Gasteiger partial charge in [-0.2, -0.15) is 5.10 Å². The minimum atomic E-state index is 0.636. The normalized spacial score (nSPS) is 14.4. The highest BCUT2D eigenvalue weighted by atomic mass is 127. The number of nitrogens with one attached hydrogen (secondary N) is 1. The van der Waals surface area contributed by atoms with E-state index in [9.17, 15) is 0 Å². The lowest BCUT2D eigenvalue weighted by Gasteiger charge is -2.09. The lowest BCUT2D eigenvalue weighted by Crippen LogP contribution is -2.15. The first-order valence-corrected chi connectivity index (χ1v) is 8.00. The van der Waals surface area contributed by atoms with Gasteiger partial charge in [0.1, 0.15) is 12.4 Å². The van der Waals surface area contributed by atoms with E-state index in [1.165, 1.54) is 18.4 Å². The van der Waals surface area contributed by atoms with Gasteiger partial charge in [0.25, 0.3) is 0 Å². The highest BCUT2D eigenvalue weighted by Gasteiger charge is 2.19. The van der Waals surface area contributed by atoms with Crippen molar-refractivity contribution in [3.63, 3.8) is 0 Å². The summed E-state index contributed by atoms with van der Waals surface area (Å²) in [5.74, 6) is 0.932. The quantitative estimate of drug-likeness (QED) is 0.748. The number of nitrogens with zero attached hydrogens (tertiary/aromatic N) is 2. The van der Waals surface area contributed by atoms with Gasteiger partial charge in [0.05, 0.1) is 16.3 Å². The molecule has 0 unspecified atom stereocenters. The molecular weight excluding hydrogens is 365 g/mol. The van der Waals surface area contributed by atoms with Gasteiger partial charge in [-0.15, -0.1) is 0 Å². The van der Waals surface area contributed by atoms with Gasteiger partial charge in [-0.3, -0.25) is 4.68 Å². The first-order valence-electron chi connectivity index (χ1n) is 6.93. The van der Waals surface area contributed by atoms with E-state index in [1.807, 2.05) is 23.1 Å². The second-order valence-electron chi connectivity index (χ2n) is 5.07. The second kappa shape index (κ2) is 6.58. The molecule has 1 saturated carbocycles. The number of ether oxygens (including phenoxy) is 1. The molecule has 1 heterocycles. The molecule has 0 amide bonds. The fourth-order valence-corrected chi connectivity index (χ4v) is 2.46. The van der Waals surface area contributed by atoms with Crippen LogP contribution in [0, 0.1) is 3.57 Å². The fraction of sp³-hybridized carbons (Fsp3) is 0.400. The third kappa shape index (κ3) is 4.21. The van der Waals surface area contributed by atoms with Crippen molar-refractivity contribution >= 4 is 22.6 Å². The number of benzene rings is 1. The summed E-state index contributed by atoms with van der Waals surface area (Å²) < 4.78 is 8.84. The molecule has 1 aromatic heterocycles. The van der Waals surface area contributed by atoms with Crippen molar-refractivity contribution in [3.8, 4) is 5.75 Å². The maximum absolute atomic E-state index is 5.79. The Hall–Kier alpha value is -1.08. The summed E-state index contributed by atoms with van der Waals surface area (Å²) in [7, 11) is 0. The van der Waals surface area contributed by atoms with Crippen LogP contribution < -0.4 is 10.1 Å². The summed E-state index contributed by atoms with van der Waals surface area (Å²) >= 11 is 2.26. The van der Waals surface area contributed by atoms with Crippen LogP contribution in [-0.4, -0.2) is 22.4 Å². The van der Waals surface area contributed by atoms with Gasteiger partial charge >= 0.3 is 0 Å². The van der Waals surface area contributed by atoms with Crippen molar-refractivity contribution in [2.45, 2.75) is 32.0 Å². The van der Waals surface area contributed by atoms with E-state index in [1.54, 1.807) is 0 Å². The van der Waals surface area contributed by atoms with E-state index in [0.717, 1.165) is 28.5 Å². The highest BCUT2D eigenvalue weighted by Crippen LogP contribution is 2.20. The summed E-state index contributed by atoms with van der Waals surface area (Å²) in [6.07, 6.45) is 6.50. The van der Waals surface area contributed by atoms with E-state index in [2.05, 4.69) is 51.2 Å². The molecule has 0 atom stereocenters. The van der Waals surface area contributed by atoms with E-state index in [0.29, 0.717) is 6.61 Å². The van der Waals surface area contributed by atoms with Gasteiger partial charge in [0, 0.05) is 18.8 Å². The lowest BCUT2D eigenvalue weighted by atomic mass is 10.2. The standard InChI is InChI=1S/C15H18IN3O/c16-13-10-18-19(11-13)6-7-20-15-3-1-2-12(8-15)9-17-14-4-5-14/h1-3,8,10-11,14,17H,4-7,9H2. The number of rotatable bonds is 7. The van der Waals surface area contributed by atoms with Crippen LogP contribution in [0.5, 0.6) is 5.75 Å². The SMILES string of the molecule is Ic1cnn(CCOc2cccc(CNC3CC3)c2)c1. The third-order valence-corrected chi connectivity index (χ3v) is 3.82. The highest BCUT2D eigenvalue weighted by molar-refractivity contribution is 14.1. The van der Waals surface area contributed by atoms with Crippen LogP contribution in [0.4, 0.5) is 0 Å². The van der Waals surface area contributed by atoms with Crippen LogP contribution in [0.15, 0.2) is 36.7 Å². The predicted octanol–water partition coefficient (Wildman–Crippen LogP) is 2.82. The molecule has 1 aliphatic carbocycles. The van der Waals surface area contributed by atoms with Crippen molar-refractivity contribution in [1.29, 1.82) is 0 Å². The van der Waals surface area contributed by atoms with E-state index in [-0.39, 0.29) is 0 Å². The molecule has 106 valence electrons. The molecule has 0 bridgehead atoms. The average Bonchev–Trinajstić information content (AvgIpc) is 3.19. The smallest absolute Gasteiger partial charge is 0.119 e. The zero-order valence-electron chi connectivity index (χ0n) is 11.3. The van der Waals surface area contributed by atoms with E-state index >= 15 is 0 Å². The summed E-state index contributed by atoms with van der Waals surface area (Å²) in [4.78, 5) is 0. The molecule has 1 aliphatic rings. The molecule has 20 heavy (non-hydrogen) atoms. The van der Waals surface area contributed by atoms with Gasteiger partial charge in [0.2, 0.25) is 0 Å². The predicted molar refractivity (Wildman–Crippen MR) is 86.7 cm³/mol. The van der Waals surface area contributed by atoms with Gasteiger partial charge in [0.15, 0.2) is 0 Å². The van der Waals surface area contributed by atoms with Gasteiger partial charge in [-0.05, 0) is 53.1 Å². The largest absolute Gasteiger partial charge is 0.492 e. The Kier molecular flexibility index (Phi) is 4.57. The first kappa shape index (κ1) is 13.9. The van der Waals surface area contributed by atoms with Gasteiger partial charge in [-0.1, -0.05) is 12.1 Å². The van der Waals surface area contributed by atoms with E-state index in [4.69, 9.17) is 4.74 Å². The molecule has 0 radical (unpaired) electrons. The minimum absolute atomic E-state index is 0.636. The maximum Gasteiger partial charge on any atom is 0.119 e. The fourth-order valence-electron chi connectivity index (χ4n) is 2.01. The maximum atomic E-state index is 5.79. The van der Waals surface area contributed by atoms with Crippen LogP contribution in [0.25, 0.3) is 0 Å². The summed E-state index contributed by atoms with van der Waals surface area (Å²) in [5.41, 5.74) is 1.28. The molecule has 3 rings (SSSR count). The molecule has 1 fully saturated rings. The monoisotopic (exact) mass is 383 g/mol. The lowest BCUT2D eigenvalue weighted by molar-refractivity contribution is 0.291. The van der Waals surface area contributed by atoms with Crippen molar-refractivity contribution in [1.82, 2.24) is 15.1 Å². The van der Waals surface area contributed by atoms with Crippen LogP contribution in [0.2, 0.25) is 0 Å². The van der Waals surface area contributed by atoms with Crippen molar-refractivity contribution in [2.24, 2.45) is 0 Å². The number of hydrogen-bond donors (Lipinski definition) is 1. The summed E-state index contributed by atoms with van der Waals surface area (Å²) in [6, 6.07) is 9.05. The van der Waals surface area contributed by atoms with Crippen LogP contribution >= 0.6 is 22.6 Å². The van der Waals surface area contributed by atoms with Crippen molar-refractivity contribution in [2.75, 3.05) is 6.61 Å². The Morgan fingerprint density at radius 2 is 2.30 bits per heavy atom. The zero-order chi connectivity index (χ0) is 13.8. The number of hydrogen-bond acceptors (Lipinski definition) is 3. The minimum Gasteiger partial charge on any atom is -0.492 e. The Labute approximate surface area is 132 Å². The first-order chi connectivity index (χ1) is 9.79. The van der Waals surface area contributed by atoms with Crippen LogP contribution in [0.3, 0.4) is 0 Å². The van der Waals surface area contributed by atoms with E-state index < -0.39 is 0 Å². The Balaban J connectivity index is 1.47. The van der Waals surface area contributed by atoms with Crippen molar-refractivity contribution in [3.05, 3.63) is 45.8 Å². The zero-order valence-corrected chi connectivity index (χ0v) is 13.4. The molecular formula is C15H18IN3O. The van der Waals surface area contributed by atoms with Gasteiger partial charge < -0.3 is 10.1 Å². The Morgan fingerprint density at radius 3 is 3.05 bits per heavy atom. The molecule has 0 saturated heterocycles. The summed E-state index contributed by atoms with van der Waals surface area (Å²) in [5, 5.41) is 7.75. The Bertz CT molecular complexity index is 566. The number of halogens is 1. The summed E-state index contributed by atoms with van der Waals surface area (Å²) in [6.45, 7) is 2.34. The molecule has 0 spiro atoms. The molecule has 4 nitrogen and oxygen atoms in total. The molecule has 1 N–H and O–H groups in total. The van der Waals surface area contributed by atoms with Crippen LogP contribution in [-0.2, 0) is 13.1 Å². The van der Waals surface area contributed by atoms with Crippen molar-refractivity contribution < 1.29 is 4.74 Å². The molecule has 2 aromatic rings. The van der Waals surface area contributed by atoms with Crippen LogP contribution in [0.1, 0.15) is 18.4 Å². The molecule has 1 aromatic carbocycles. The second-order valence-corrected chi connectivity index (χ2v) is 6.32. The van der Waals surface area contributed by atoms with Gasteiger partial charge in [-0.25, -0.2) is 0 Å². The number of aromatic nitrogens is 2. The molecule has 5 heteroatoms.